The maximum Gasteiger partial charge on any atom is 0.433 e. The molecule has 0 spiro atoms. The Labute approximate surface area is 88.7 Å². The number of hydrogen-bond acceptors (Lipinski definition) is 4. The smallest absolute Gasteiger partial charge is 0.433 e. The highest BCUT2D eigenvalue weighted by molar-refractivity contribution is 5.92. The molecule has 1 N–H and O–H groups in total. The fourth-order valence-electron chi connectivity index (χ4n) is 0.976. The number of aromatic hydroxyl groups is 1. The standard InChI is InChI=1S/C9H8F3NO3/c1-2-16-8(15)5-3-7(9(10,11)12)13-4-6(5)14/h3-4,14H,2H2,1H3. The second kappa shape index (κ2) is 4.38. The fourth-order valence-corrected chi connectivity index (χ4v) is 0.976. The van der Waals surface area contributed by atoms with E-state index in [1.165, 1.54) is 6.92 Å². The lowest BCUT2D eigenvalue weighted by molar-refractivity contribution is -0.141. The Hall–Kier alpha value is -1.79. The average Bonchev–Trinajstić information content (AvgIpc) is 2.16. The van der Waals surface area contributed by atoms with Crippen molar-refractivity contribution in [2.45, 2.75) is 13.1 Å². The van der Waals surface area contributed by atoms with E-state index < -0.39 is 29.2 Å². The summed E-state index contributed by atoms with van der Waals surface area (Å²) in [4.78, 5) is 14.1. The highest BCUT2D eigenvalue weighted by Gasteiger charge is 2.34. The molecule has 0 aliphatic rings. The first-order chi connectivity index (χ1) is 7.36. The van der Waals surface area contributed by atoms with Crippen LogP contribution in [0.5, 0.6) is 5.75 Å². The molecule has 0 aliphatic carbocycles. The Morgan fingerprint density at radius 1 is 1.56 bits per heavy atom. The van der Waals surface area contributed by atoms with E-state index in [2.05, 4.69) is 9.72 Å². The van der Waals surface area contributed by atoms with Gasteiger partial charge in [0.15, 0.2) is 0 Å². The van der Waals surface area contributed by atoms with Crippen LogP contribution >= 0.6 is 0 Å². The molecule has 0 bridgehead atoms. The third-order valence-corrected chi connectivity index (χ3v) is 1.67. The number of esters is 1. The SMILES string of the molecule is CCOC(=O)c1cc(C(F)(F)F)ncc1O. The Morgan fingerprint density at radius 2 is 2.19 bits per heavy atom. The summed E-state index contributed by atoms with van der Waals surface area (Å²) in [5, 5.41) is 9.17. The van der Waals surface area contributed by atoms with E-state index in [1.807, 2.05) is 0 Å². The summed E-state index contributed by atoms with van der Waals surface area (Å²) < 4.78 is 41.2. The van der Waals surface area contributed by atoms with Crippen LogP contribution in [0, 0.1) is 0 Å². The molecule has 0 amide bonds. The number of alkyl halides is 3. The van der Waals surface area contributed by atoms with Gasteiger partial charge in [-0.2, -0.15) is 13.2 Å². The van der Waals surface area contributed by atoms with Crippen LogP contribution in [0.1, 0.15) is 23.0 Å². The van der Waals surface area contributed by atoms with Crippen LogP contribution in [-0.4, -0.2) is 22.7 Å². The van der Waals surface area contributed by atoms with Gasteiger partial charge in [0.2, 0.25) is 0 Å². The number of hydrogen-bond donors (Lipinski definition) is 1. The monoisotopic (exact) mass is 235 g/mol. The lowest BCUT2D eigenvalue weighted by Gasteiger charge is -2.08. The number of pyridine rings is 1. The minimum absolute atomic E-state index is 0.00193. The van der Waals surface area contributed by atoms with Crippen LogP contribution < -0.4 is 0 Å². The minimum Gasteiger partial charge on any atom is -0.505 e. The molecule has 4 nitrogen and oxygen atoms in total. The van der Waals surface area contributed by atoms with Crippen molar-refractivity contribution in [3.63, 3.8) is 0 Å². The number of carbonyl (C=O) groups excluding carboxylic acids is 1. The van der Waals surface area contributed by atoms with Crippen molar-refractivity contribution < 1.29 is 27.8 Å². The van der Waals surface area contributed by atoms with Crippen LogP contribution in [-0.2, 0) is 10.9 Å². The Bertz CT molecular complexity index is 403. The van der Waals surface area contributed by atoms with E-state index in [0.717, 1.165) is 0 Å². The van der Waals surface area contributed by atoms with Gasteiger partial charge >= 0.3 is 12.1 Å². The maximum absolute atomic E-state index is 12.3. The maximum atomic E-state index is 12.3. The third-order valence-electron chi connectivity index (χ3n) is 1.67. The summed E-state index contributed by atoms with van der Waals surface area (Å²) in [7, 11) is 0. The molecule has 0 saturated carbocycles. The Kier molecular flexibility index (Phi) is 3.36. The van der Waals surface area contributed by atoms with Gasteiger partial charge in [-0.05, 0) is 13.0 Å². The number of halogens is 3. The van der Waals surface area contributed by atoms with Crippen LogP contribution in [0.2, 0.25) is 0 Å². The lowest BCUT2D eigenvalue weighted by Crippen LogP contribution is -2.11. The van der Waals surface area contributed by atoms with Crippen molar-refractivity contribution in [2.75, 3.05) is 6.61 Å². The molecule has 0 unspecified atom stereocenters. The topological polar surface area (TPSA) is 59.4 Å². The number of rotatable bonds is 2. The molecule has 1 rings (SSSR count). The van der Waals surface area contributed by atoms with Gasteiger partial charge in [0, 0.05) is 0 Å². The molecule has 0 fully saturated rings. The second-order valence-electron chi connectivity index (χ2n) is 2.80. The zero-order chi connectivity index (χ0) is 12.3. The molecule has 1 aromatic rings. The number of ether oxygens (including phenoxy) is 1. The fraction of sp³-hybridized carbons (Fsp3) is 0.333. The lowest BCUT2D eigenvalue weighted by atomic mass is 10.2. The highest BCUT2D eigenvalue weighted by atomic mass is 19.4. The molecule has 16 heavy (non-hydrogen) atoms. The summed E-state index contributed by atoms with van der Waals surface area (Å²) in [6, 6.07) is 0.452. The summed E-state index contributed by atoms with van der Waals surface area (Å²) in [6.45, 7) is 1.50. The molecule has 7 heteroatoms. The van der Waals surface area contributed by atoms with Crippen molar-refractivity contribution >= 4 is 5.97 Å². The van der Waals surface area contributed by atoms with E-state index in [0.29, 0.717) is 12.3 Å². The predicted molar refractivity (Wildman–Crippen MR) is 46.9 cm³/mol. The zero-order valence-corrected chi connectivity index (χ0v) is 8.21. The molecule has 0 aliphatic heterocycles. The predicted octanol–water partition coefficient (Wildman–Crippen LogP) is 1.98. The van der Waals surface area contributed by atoms with Crippen molar-refractivity contribution in [1.82, 2.24) is 4.98 Å². The quantitative estimate of drug-likeness (QED) is 0.796. The third kappa shape index (κ3) is 2.62. The summed E-state index contributed by atoms with van der Waals surface area (Å²) in [5.74, 6) is -1.67. The normalized spacial score (nSPS) is 11.2. The van der Waals surface area contributed by atoms with Crippen LogP contribution in [0.4, 0.5) is 13.2 Å². The molecule has 0 aromatic carbocycles. The summed E-state index contributed by atoms with van der Waals surface area (Å²) >= 11 is 0. The molecular formula is C9H8F3NO3. The Morgan fingerprint density at radius 3 is 2.69 bits per heavy atom. The minimum atomic E-state index is -4.67. The molecular weight excluding hydrogens is 227 g/mol. The molecule has 1 heterocycles. The van der Waals surface area contributed by atoms with Crippen LogP contribution in [0.15, 0.2) is 12.3 Å². The number of carbonyl (C=O) groups is 1. The van der Waals surface area contributed by atoms with E-state index in [1.54, 1.807) is 0 Å². The van der Waals surface area contributed by atoms with Gasteiger partial charge in [-0.3, -0.25) is 0 Å². The van der Waals surface area contributed by atoms with Gasteiger partial charge in [-0.25, -0.2) is 9.78 Å². The van der Waals surface area contributed by atoms with Crippen LogP contribution in [0.3, 0.4) is 0 Å². The first kappa shape index (κ1) is 12.3. The van der Waals surface area contributed by atoms with Crippen molar-refractivity contribution in [1.29, 1.82) is 0 Å². The first-order valence-corrected chi connectivity index (χ1v) is 4.29. The molecule has 0 saturated heterocycles. The molecule has 88 valence electrons. The van der Waals surface area contributed by atoms with Gasteiger partial charge in [0.05, 0.1) is 12.8 Å². The molecule has 0 atom stereocenters. The van der Waals surface area contributed by atoms with Gasteiger partial charge in [0.25, 0.3) is 0 Å². The molecule has 1 aromatic heterocycles. The van der Waals surface area contributed by atoms with E-state index >= 15 is 0 Å². The van der Waals surface area contributed by atoms with Gasteiger partial charge < -0.3 is 9.84 Å². The largest absolute Gasteiger partial charge is 0.505 e. The number of nitrogens with zero attached hydrogens (tertiary/aromatic N) is 1. The number of aromatic nitrogens is 1. The van der Waals surface area contributed by atoms with Gasteiger partial charge in [-0.1, -0.05) is 0 Å². The second-order valence-corrected chi connectivity index (χ2v) is 2.80. The zero-order valence-electron chi connectivity index (χ0n) is 8.21. The summed E-state index contributed by atoms with van der Waals surface area (Å²) in [5.41, 5.74) is -1.81. The average molecular weight is 235 g/mol. The van der Waals surface area contributed by atoms with Gasteiger partial charge in [-0.15, -0.1) is 0 Å². The van der Waals surface area contributed by atoms with Crippen molar-refractivity contribution in [3.05, 3.63) is 23.5 Å². The van der Waals surface area contributed by atoms with Crippen molar-refractivity contribution in [3.8, 4) is 5.75 Å². The van der Waals surface area contributed by atoms with E-state index in [-0.39, 0.29) is 6.61 Å². The van der Waals surface area contributed by atoms with E-state index in [4.69, 9.17) is 5.11 Å². The highest BCUT2D eigenvalue weighted by Crippen LogP contribution is 2.30. The van der Waals surface area contributed by atoms with Crippen molar-refractivity contribution in [2.24, 2.45) is 0 Å². The summed E-state index contributed by atoms with van der Waals surface area (Å²) in [6.07, 6.45) is -4.11. The van der Waals surface area contributed by atoms with Crippen LogP contribution in [0.25, 0.3) is 0 Å². The van der Waals surface area contributed by atoms with Gasteiger partial charge in [0.1, 0.15) is 17.0 Å². The Balaban J connectivity index is 3.14. The first-order valence-electron chi connectivity index (χ1n) is 4.29. The molecule has 0 radical (unpaired) electrons. The van der Waals surface area contributed by atoms with E-state index in [9.17, 15) is 18.0 Å².